The summed E-state index contributed by atoms with van der Waals surface area (Å²) in [4.78, 5) is 14.1. The van der Waals surface area contributed by atoms with Crippen LogP contribution in [0, 0.1) is 13.8 Å². The van der Waals surface area contributed by atoms with Gasteiger partial charge in [0, 0.05) is 19.6 Å². The predicted octanol–water partition coefficient (Wildman–Crippen LogP) is 1.33. The van der Waals surface area contributed by atoms with Crippen molar-refractivity contribution in [2.45, 2.75) is 20.3 Å². The van der Waals surface area contributed by atoms with Crippen molar-refractivity contribution in [2.24, 2.45) is 0 Å². The monoisotopic (exact) mass is 222 g/mol. The Balaban J connectivity index is 2.14. The number of furan rings is 1. The normalized spacial score (nSPS) is 17.2. The zero-order chi connectivity index (χ0) is 11.5. The number of aryl methyl sites for hydroxylation is 2. The van der Waals surface area contributed by atoms with Gasteiger partial charge < -0.3 is 14.6 Å². The predicted molar refractivity (Wildman–Crippen MR) is 61.6 cm³/mol. The average Bonchev–Trinajstić information content (AvgIpc) is 2.49. The van der Waals surface area contributed by atoms with Gasteiger partial charge in [-0.3, -0.25) is 4.79 Å². The van der Waals surface area contributed by atoms with Gasteiger partial charge in [-0.25, -0.2) is 0 Å². The number of carbonyl (C=O) groups is 1. The van der Waals surface area contributed by atoms with E-state index in [9.17, 15) is 4.79 Å². The molecule has 0 bridgehead atoms. The fraction of sp³-hybridized carbons (Fsp3) is 0.583. The third kappa shape index (κ3) is 2.27. The van der Waals surface area contributed by atoms with Crippen LogP contribution in [0.3, 0.4) is 0 Å². The number of carbonyl (C=O) groups excluding carboxylic acids is 1. The zero-order valence-electron chi connectivity index (χ0n) is 9.88. The average molecular weight is 222 g/mol. The van der Waals surface area contributed by atoms with Crippen molar-refractivity contribution in [2.75, 3.05) is 26.2 Å². The SMILES string of the molecule is Cc1cc(C(=O)N2CCCNCC2)c(C)o1. The van der Waals surface area contributed by atoms with E-state index in [1.165, 1.54) is 0 Å². The first-order valence-electron chi connectivity index (χ1n) is 5.75. The van der Waals surface area contributed by atoms with Crippen LogP contribution in [0.4, 0.5) is 0 Å². The molecule has 16 heavy (non-hydrogen) atoms. The van der Waals surface area contributed by atoms with Crippen LogP contribution in [-0.4, -0.2) is 37.0 Å². The smallest absolute Gasteiger partial charge is 0.257 e. The van der Waals surface area contributed by atoms with Gasteiger partial charge in [-0.15, -0.1) is 0 Å². The van der Waals surface area contributed by atoms with Gasteiger partial charge in [0.1, 0.15) is 11.5 Å². The highest BCUT2D eigenvalue weighted by Gasteiger charge is 2.20. The molecular weight excluding hydrogens is 204 g/mol. The minimum absolute atomic E-state index is 0.0954. The Kier molecular flexibility index (Phi) is 3.29. The summed E-state index contributed by atoms with van der Waals surface area (Å²) >= 11 is 0. The molecule has 0 atom stereocenters. The van der Waals surface area contributed by atoms with Crippen molar-refractivity contribution >= 4 is 5.91 Å². The molecule has 1 saturated heterocycles. The van der Waals surface area contributed by atoms with Gasteiger partial charge in [-0.1, -0.05) is 0 Å². The maximum absolute atomic E-state index is 12.2. The molecule has 0 unspecified atom stereocenters. The van der Waals surface area contributed by atoms with Crippen molar-refractivity contribution in [3.05, 3.63) is 23.2 Å². The first kappa shape index (κ1) is 11.2. The molecule has 0 radical (unpaired) electrons. The van der Waals surface area contributed by atoms with E-state index in [4.69, 9.17) is 4.42 Å². The van der Waals surface area contributed by atoms with E-state index in [1.807, 2.05) is 24.8 Å². The number of rotatable bonds is 1. The highest BCUT2D eigenvalue weighted by atomic mass is 16.3. The molecule has 88 valence electrons. The van der Waals surface area contributed by atoms with Crippen LogP contribution < -0.4 is 5.32 Å². The Morgan fingerprint density at radius 1 is 1.38 bits per heavy atom. The molecular formula is C12H18N2O2. The largest absolute Gasteiger partial charge is 0.466 e. The van der Waals surface area contributed by atoms with E-state index in [0.29, 0.717) is 5.56 Å². The molecule has 0 spiro atoms. The lowest BCUT2D eigenvalue weighted by atomic mass is 10.2. The Morgan fingerprint density at radius 3 is 2.88 bits per heavy atom. The molecule has 1 aliphatic heterocycles. The fourth-order valence-electron chi connectivity index (χ4n) is 2.06. The third-order valence-electron chi connectivity index (χ3n) is 2.90. The second kappa shape index (κ2) is 4.70. The first-order valence-corrected chi connectivity index (χ1v) is 5.75. The Hall–Kier alpha value is -1.29. The van der Waals surface area contributed by atoms with E-state index in [2.05, 4.69) is 5.32 Å². The molecule has 0 aromatic carbocycles. The minimum Gasteiger partial charge on any atom is -0.466 e. The van der Waals surface area contributed by atoms with Crippen LogP contribution in [0.2, 0.25) is 0 Å². The molecule has 0 aliphatic carbocycles. The van der Waals surface area contributed by atoms with Crippen LogP contribution in [0.1, 0.15) is 28.3 Å². The van der Waals surface area contributed by atoms with Gasteiger partial charge in [0.25, 0.3) is 5.91 Å². The summed E-state index contributed by atoms with van der Waals surface area (Å²) in [5, 5.41) is 3.29. The highest BCUT2D eigenvalue weighted by Crippen LogP contribution is 2.16. The molecule has 2 rings (SSSR count). The van der Waals surface area contributed by atoms with Crippen molar-refractivity contribution < 1.29 is 9.21 Å². The van der Waals surface area contributed by atoms with Gasteiger partial charge in [-0.2, -0.15) is 0 Å². The summed E-state index contributed by atoms with van der Waals surface area (Å²) in [6, 6.07) is 1.83. The van der Waals surface area contributed by atoms with E-state index < -0.39 is 0 Å². The number of nitrogens with one attached hydrogen (secondary N) is 1. The molecule has 4 nitrogen and oxygen atoms in total. The summed E-state index contributed by atoms with van der Waals surface area (Å²) in [5.74, 6) is 1.62. The third-order valence-corrected chi connectivity index (χ3v) is 2.90. The van der Waals surface area contributed by atoms with Crippen LogP contribution in [0.5, 0.6) is 0 Å². The standard InChI is InChI=1S/C12H18N2O2/c1-9-8-11(10(2)16-9)12(15)14-6-3-4-13-5-7-14/h8,13H,3-7H2,1-2H3. The second-order valence-corrected chi connectivity index (χ2v) is 4.22. The molecule has 1 N–H and O–H groups in total. The van der Waals surface area contributed by atoms with Crippen molar-refractivity contribution in [3.63, 3.8) is 0 Å². The zero-order valence-corrected chi connectivity index (χ0v) is 9.88. The maximum Gasteiger partial charge on any atom is 0.257 e. The van der Waals surface area contributed by atoms with Crippen molar-refractivity contribution in [3.8, 4) is 0 Å². The first-order chi connectivity index (χ1) is 7.68. The van der Waals surface area contributed by atoms with Crippen LogP contribution in [-0.2, 0) is 0 Å². The summed E-state index contributed by atoms with van der Waals surface area (Å²) in [6.07, 6.45) is 1.02. The van der Waals surface area contributed by atoms with Gasteiger partial charge in [0.15, 0.2) is 0 Å². The van der Waals surface area contributed by atoms with Crippen LogP contribution >= 0.6 is 0 Å². The number of nitrogens with zero attached hydrogens (tertiary/aromatic N) is 1. The van der Waals surface area contributed by atoms with E-state index in [1.54, 1.807) is 0 Å². The highest BCUT2D eigenvalue weighted by molar-refractivity contribution is 5.95. The lowest BCUT2D eigenvalue weighted by Crippen LogP contribution is -2.34. The van der Waals surface area contributed by atoms with Gasteiger partial charge in [0.05, 0.1) is 5.56 Å². The van der Waals surface area contributed by atoms with Gasteiger partial charge in [-0.05, 0) is 32.9 Å². The lowest BCUT2D eigenvalue weighted by Gasteiger charge is -2.19. The molecule has 4 heteroatoms. The van der Waals surface area contributed by atoms with Gasteiger partial charge in [0.2, 0.25) is 0 Å². The maximum atomic E-state index is 12.2. The Morgan fingerprint density at radius 2 is 2.19 bits per heavy atom. The van der Waals surface area contributed by atoms with E-state index in [-0.39, 0.29) is 5.91 Å². The molecule has 0 saturated carbocycles. The number of hydrogen-bond acceptors (Lipinski definition) is 3. The Bertz CT molecular complexity index is 376. The van der Waals surface area contributed by atoms with Crippen molar-refractivity contribution in [1.29, 1.82) is 0 Å². The summed E-state index contributed by atoms with van der Waals surface area (Å²) in [5.41, 5.74) is 0.708. The molecule has 1 amide bonds. The number of hydrogen-bond donors (Lipinski definition) is 1. The fourth-order valence-corrected chi connectivity index (χ4v) is 2.06. The Labute approximate surface area is 95.6 Å². The van der Waals surface area contributed by atoms with E-state index >= 15 is 0 Å². The summed E-state index contributed by atoms with van der Waals surface area (Å²) in [7, 11) is 0. The van der Waals surface area contributed by atoms with Crippen LogP contribution in [0.15, 0.2) is 10.5 Å². The molecule has 1 aromatic rings. The molecule has 1 fully saturated rings. The summed E-state index contributed by atoms with van der Waals surface area (Å²) in [6.45, 7) is 7.19. The molecule has 1 aromatic heterocycles. The number of amides is 1. The summed E-state index contributed by atoms with van der Waals surface area (Å²) < 4.78 is 5.39. The quantitative estimate of drug-likeness (QED) is 0.779. The molecule has 1 aliphatic rings. The van der Waals surface area contributed by atoms with Crippen LogP contribution in [0.25, 0.3) is 0 Å². The lowest BCUT2D eigenvalue weighted by molar-refractivity contribution is 0.0764. The molecule has 2 heterocycles. The topological polar surface area (TPSA) is 45.5 Å². The van der Waals surface area contributed by atoms with Gasteiger partial charge >= 0.3 is 0 Å². The van der Waals surface area contributed by atoms with E-state index in [0.717, 1.165) is 44.1 Å². The van der Waals surface area contributed by atoms with Crippen molar-refractivity contribution in [1.82, 2.24) is 10.2 Å². The second-order valence-electron chi connectivity index (χ2n) is 4.22. The minimum atomic E-state index is 0.0954.